The van der Waals surface area contributed by atoms with E-state index in [1.807, 2.05) is 0 Å². The molecule has 0 aliphatic carbocycles. The number of aromatic nitrogens is 2. The molecule has 1 fully saturated rings. The predicted molar refractivity (Wildman–Crippen MR) is 99.0 cm³/mol. The number of anilines is 2. The number of rotatable bonds is 4. The van der Waals surface area contributed by atoms with Crippen LogP contribution in [-0.4, -0.2) is 34.5 Å². The first-order valence-corrected chi connectivity index (χ1v) is 9.71. The molecule has 1 aromatic carbocycles. The van der Waals surface area contributed by atoms with Crippen LogP contribution in [0.1, 0.15) is 31.7 Å². The van der Waals surface area contributed by atoms with Gasteiger partial charge in [-0.2, -0.15) is 0 Å². The van der Waals surface area contributed by atoms with Crippen LogP contribution < -0.4 is 5.32 Å². The van der Waals surface area contributed by atoms with Gasteiger partial charge in [-0.1, -0.05) is 24.8 Å². The van der Waals surface area contributed by atoms with E-state index in [1.165, 1.54) is 49.4 Å². The van der Waals surface area contributed by atoms with Crippen molar-refractivity contribution in [3.63, 3.8) is 0 Å². The smallest absolute Gasteiger partial charge is 0.163 e. The maximum Gasteiger partial charge on any atom is 0.163 e. The van der Waals surface area contributed by atoms with E-state index in [1.54, 1.807) is 24.2 Å². The lowest BCUT2D eigenvalue weighted by Gasteiger charge is -2.30. The van der Waals surface area contributed by atoms with Crippen LogP contribution in [0.15, 0.2) is 40.5 Å². The molecule has 0 saturated carbocycles. The van der Waals surface area contributed by atoms with E-state index in [0.717, 1.165) is 28.9 Å². The Morgan fingerprint density at radius 3 is 2.92 bits per heavy atom. The first kappa shape index (κ1) is 15.9. The average Bonchev–Trinajstić information content (AvgIpc) is 2.61. The van der Waals surface area contributed by atoms with Crippen molar-refractivity contribution in [3.8, 4) is 0 Å². The molecule has 5 heteroatoms. The lowest BCUT2D eigenvalue weighted by Crippen LogP contribution is -2.33. The number of piperidine rings is 1. The fourth-order valence-electron chi connectivity index (χ4n) is 3.43. The van der Waals surface area contributed by atoms with Crippen LogP contribution >= 0.6 is 11.8 Å². The summed E-state index contributed by atoms with van der Waals surface area (Å²) in [6, 6.07) is 6.74. The summed E-state index contributed by atoms with van der Waals surface area (Å²) in [4.78, 5) is 12.6. The van der Waals surface area contributed by atoms with Crippen molar-refractivity contribution in [1.82, 2.24) is 14.9 Å². The summed E-state index contributed by atoms with van der Waals surface area (Å²) in [7, 11) is 0. The van der Waals surface area contributed by atoms with E-state index in [9.17, 15) is 0 Å². The largest absolute Gasteiger partial charge is 0.337 e. The number of aryl methyl sites for hydroxylation is 1. The Labute approximate surface area is 148 Å². The Kier molecular flexibility index (Phi) is 4.72. The summed E-state index contributed by atoms with van der Waals surface area (Å²) in [6.45, 7) is 6.15. The van der Waals surface area contributed by atoms with Crippen molar-refractivity contribution in [2.24, 2.45) is 5.92 Å². The van der Waals surface area contributed by atoms with Gasteiger partial charge < -0.3 is 10.2 Å². The Morgan fingerprint density at radius 1 is 1.21 bits per heavy atom. The molecular formula is C19H24N4S. The number of benzene rings is 1. The average molecular weight is 340 g/mol. The Balaban J connectivity index is 1.35. The molecule has 0 amide bonds. The van der Waals surface area contributed by atoms with Crippen molar-refractivity contribution in [2.45, 2.75) is 42.5 Å². The highest BCUT2D eigenvalue weighted by Crippen LogP contribution is 2.42. The molecule has 0 atom stereocenters. The van der Waals surface area contributed by atoms with Gasteiger partial charge in [-0.15, -0.1) is 0 Å². The van der Waals surface area contributed by atoms with E-state index in [-0.39, 0.29) is 0 Å². The van der Waals surface area contributed by atoms with E-state index in [2.05, 4.69) is 45.3 Å². The molecule has 2 aliphatic heterocycles. The highest BCUT2D eigenvalue weighted by atomic mass is 32.2. The zero-order chi connectivity index (χ0) is 16.4. The highest BCUT2D eigenvalue weighted by molar-refractivity contribution is 7.99. The fraction of sp³-hybridized carbons (Fsp3) is 0.474. The first-order chi connectivity index (χ1) is 11.8. The molecule has 0 bridgehead atoms. The minimum Gasteiger partial charge on any atom is -0.337 e. The standard InChI is InChI=1S/C19H24N4S/c1-14-6-11-23(12-7-14)10-2-3-15-4-5-17-16(13-15)22-18-19(24-17)21-9-8-20-18/h4-5,8-9,13-14H,2-3,6-7,10-12H2,1H3,(H,20,22). The molecule has 1 saturated heterocycles. The first-order valence-electron chi connectivity index (χ1n) is 8.89. The minimum absolute atomic E-state index is 0.870. The molecule has 0 unspecified atom stereocenters. The Bertz CT molecular complexity index is 710. The summed E-state index contributed by atoms with van der Waals surface area (Å²) in [5.74, 6) is 1.78. The maximum absolute atomic E-state index is 4.38. The molecule has 2 aromatic rings. The number of nitrogens with one attached hydrogen (secondary N) is 1. The highest BCUT2D eigenvalue weighted by Gasteiger charge is 2.18. The third kappa shape index (κ3) is 3.57. The molecular weight excluding hydrogens is 316 g/mol. The van der Waals surface area contributed by atoms with E-state index >= 15 is 0 Å². The predicted octanol–water partition coefficient (Wildman–Crippen LogP) is 4.35. The third-order valence-corrected chi connectivity index (χ3v) is 6.05. The van der Waals surface area contributed by atoms with Crippen LogP contribution in [0, 0.1) is 5.92 Å². The van der Waals surface area contributed by atoms with Crippen LogP contribution in [0.25, 0.3) is 0 Å². The molecule has 0 spiro atoms. The van der Waals surface area contributed by atoms with Crippen LogP contribution in [0.2, 0.25) is 0 Å². The van der Waals surface area contributed by atoms with Gasteiger partial charge in [0.25, 0.3) is 0 Å². The molecule has 3 heterocycles. The van der Waals surface area contributed by atoms with E-state index < -0.39 is 0 Å². The van der Waals surface area contributed by atoms with E-state index in [4.69, 9.17) is 0 Å². The molecule has 24 heavy (non-hydrogen) atoms. The maximum atomic E-state index is 4.38. The third-order valence-electron chi connectivity index (χ3n) is 4.98. The monoisotopic (exact) mass is 340 g/mol. The number of nitrogens with zero attached hydrogens (tertiary/aromatic N) is 3. The second-order valence-electron chi connectivity index (χ2n) is 6.90. The van der Waals surface area contributed by atoms with Crippen LogP contribution in [-0.2, 0) is 6.42 Å². The van der Waals surface area contributed by atoms with Gasteiger partial charge in [0.2, 0.25) is 0 Å². The van der Waals surface area contributed by atoms with E-state index in [0.29, 0.717) is 0 Å². The summed E-state index contributed by atoms with van der Waals surface area (Å²) >= 11 is 1.69. The summed E-state index contributed by atoms with van der Waals surface area (Å²) in [5.41, 5.74) is 2.57. The number of likely N-dealkylation sites (tertiary alicyclic amines) is 1. The number of fused-ring (bicyclic) bond motifs is 2. The van der Waals surface area contributed by atoms with Crippen LogP contribution in [0.3, 0.4) is 0 Å². The number of hydrogen-bond acceptors (Lipinski definition) is 5. The molecule has 1 N–H and O–H groups in total. The minimum atomic E-state index is 0.870. The van der Waals surface area contributed by atoms with Crippen LogP contribution in [0.5, 0.6) is 0 Å². The lowest BCUT2D eigenvalue weighted by molar-refractivity contribution is 0.191. The van der Waals surface area contributed by atoms with Crippen molar-refractivity contribution >= 4 is 23.3 Å². The zero-order valence-corrected chi connectivity index (χ0v) is 15.0. The SMILES string of the molecule is CC1CCN(CCCc2ccc3c(c2)Nc2nccnc2S3)CC1. The molecule has 126 valence electrons. The quantitative estimate of drug-likeness (QED) is 0.765. The Hall–Kier alpha value is -1.59. The molecule has 4 rings (SSSR count). The molecule has 1 aromatic heterocycles. The summed E-state index contributed by atoms with van der Waals surface area (Å²) in [6.07, 6.45) is 8.57. The molecule has 2 aliphatic rings. The van der Waals surface area contributed by atoms with Crippen molar-refractivity contribution in [1.29, 1.82) is 0 Å². The van der Waals surface area contributed by atoms with Crippen LogP contribution in [0.4, 0.5) is 11.5 Å². The van der Waals surface area contributed by atoms with Gasteiger partial charge in [0.05, 0.1) is 5.69 Å². The van der Waals surface area contributed by atoms with Gasteiger partial charge >= 0.3 is 0 Å². The zero-order valence-electron chi connectivity index (χ0n) is 14.2. The van der Waals surface area contributed by atoms with Gasteiger partial charge in [0.15, 0.2) is 5.82 Å². The van der Waals surface area contributed by atoms with Crippen molar-refractivity contribution < 1.29 is 0 Å². The van der Waals surface area contributed by atoms with Crippen molar-refractivity contribution in [3.05, 3.63) is 36.2 Å². The van der Waals surface area contributed by atoms with Crippen molar-refractivity contribution in [2.75, 3.05) is 25.0 Å². The number of hydrogen-bond donors (Lipinski definition) is 1. The normalized spacial score (nSPS) is 17.9. The van der Waals surface area contributed by atoms with Gasteiger partial charge in [-0.25, -0.2) is 9.97 Å². The summed E-state index contributed by atoms with van der Waals surface area (Å²) in [5, 5.41) is 4.38. The molecule has 4 nitrogen and oxygen atoms in total. The lowest BCUT2D eigenvalue weighted by atomic mass is 9.99. The second kappa shape index (κ2) is 7.11. The van der Waals surface area contributed by atoms with Gasteiger partial charge in [0, 0.05) is 17.3 Å². The fourth-order valence-corrected chi connectivity index (χ4v) is 4.31. The Morgan fingerprint density at radius 2 is 2.04 bits per heavy atom. The van der Waals surface area contributed by atoms with Gasteiger partial charge in [0.1, 0.15) is 5.03 Å². The second-order valence-corrected chi connectivity index (χ2v) is 7.93. The summed E-state index contributed by atoms with van der Waals surface area (Å²) < 4.78 is 0. The topological polar surface area (TPSA) is 41.0 Å². The van der Waals surface area contributed by atoms with Gasteiger partial charge in [-0.05, 0) is 68.9 Å². The molecule has 0 radical (unpaired) electrons. The van der Waals surface area contributed by atoms with Gasteiger partial charge in [-0.3, -0.25) is 0 Å².